The second-order valence-corrected chi connectivity index (χ2v) is 11.7. The van der Waals surface area contributed by atoms with Crippen LogP contribution in [0.2, 0.25) is 0 Å². The lowest BCUT2D eigenvalue weighted by Crippen LogP contribution is -2.35. The third kappa shape index (κ3) is 7.41. The highest BCUT2D eigenvalue weighted by Gasteiger charge is 2.23. The lowest BCUT2D eigenvalue weighted by atomic mass is 9.86. The number of aromatic nitrogens is 2. The van der Waals surface area contributed by atoms with Crippen molar-refractivity contribution in [3.8, 4) is 0 Å². The van der Waals surface area contributed by atoms with Crippen molar-refractivity contribution in [3.63, 3.8) is 0 Å². The Morgan fingerprint density at radius 3 is 2.46 bits per heavy atom. The van der Waals surface area contributed by atoms with Gasteiger partial charge >= 0.3 is 0 Å². The fourth-order valence-electron chi connectivity index (χ4n) is 5.31. The first kappa shape index (κ1) is 28.5. The highest BCUT2D eigenvalue weighted by atomic mass is 79.9. The summed E-state index contributed by atoms with van der Waals surface area (Å²) in [5, 5.41) is 10.6. The van der Waals surface area contributed by atoms with E-state index in [1.165, 1.54) is 0 Å². The summed E-state index contributed by atoms with van der Waals surface area (Å²) < 4.78 is 0.883. The Labute approximate surface area is 249 Å². The standard InChI is InChI=1S/C32H35BrN6O2/c1-39(2)30-27-12-5-6-13-28(27)37-32(38-30)36-24-16-14-21(15-17-24)20-34-29(40)18-22-8-3-4-11-26(22)31(41)35-25-10-7-9-23(33)19-25/h3-13,19,21,24H,14-18,20H2,1-2H3,(H,34,40)(H,35,41)(H,36,37,38)/t21-,24+. The molecule has 3 aromatic carbocycles. The molecule has 1 fully saturated rings. The first-order valence-corrected chi connectivity index (χ1v) is 14.8. The van der Waals surface area contributed by atoms with Crippen LogP contribution in [-0.4, -0.2) is 48.5 Å². The summed E-state index contributed by atoms with van der Waals surface area (Å²) in [6.07, 6.45) is 4.17. The molecule has 0 spiro atoms. The van der Waals surface area contributed by atoms with E-state index in [9.17, 15) is 9.59 Å². The summed E-state index contributed by atoms with van der Waals surface area (Å²) in [7, 11) is 3.99. The molecule has 0 saturated heterocycles. The zero-order valence-corrected chi connectivity index (χ0v) is 24.9. The van der Waals surface area contributed by atoms with Crippen LogP contribution >= 0.6 is 15.9 Å². The van der Waals surface area contributed by atoms with Crippen LogP contribution in [-0.2, 0) is 11.2 Å². The van der Waals surface area contributed by atoms with Crippen LogP contribution in [0.15, 0.2) is 77.3 Å². The molecule has 0 aliphatic heterocycles. The average molecular weight is 616 g/mol. The summed E-state index contributed by atoms with van der Waals surface area (Å²) in [5.74, 6) is 1.68. The van der Waals surface area contributed by atoms with Crippen LogP contribution in [0, 0.1) is 5.92 Å². The van der Waals surface area contributed by atoms with Crippen molar-refractivity contribution in [1.29, 1.82) is 0 Å². The van der Waals surface area contributed by atoms with E-state index in [-0.39, 0.29) is 18.2 Å². The third-order valence-corrected chi connectivity index (χ3v) is 7.96. The minimum Gasteiger partial charge on any atom is -0.362 e. The molecule has 1 saturated carbocycles. The highest BCUT2D eigenvalue weighted by molar-refractivity contribution is 9.10. The van der Waals surface area contributed by atoms with E-state index >= 15 is 0 Å². The number of nitrogens with one attached hydrogen (secondary N) is 3. The molecule has 41 heavy (non-hydrogen) atoms. The van der Waals surface area contributed by atoms with E-state index in [4.69, 9.17) is 9.97 Å². The van der Waals surface area contributed by atoms with Gasteiger partial charge in [0.15, 0.2) is 0 Å². The van der Waals surface area contributed by atoms with Crippen LogP contribution in [0.5, 0.6) is 0 Å². The average Bonchev–Trinajstić information content (AvgIpc) is 2.96. The molecule has 0 bridgehead atoms. The second kappa shape index (κ2) is 13.1. The number of carbonyl (C=O) groups is 2. The van der Waals surface area contributed by atoms with Gasteiger partial charge in [0.05, 0.1) is 11.9 Å². The van der Waals surface area contributed by atoms with Crippen molar-refractivity contribution in [2.45, 2.75) is 38.1 Å². The molecule has 1 heterocycles. The SMILES string of the molecule is CN(C)c1nc(N[C@H]2CC[C@@H](CNC(=O)Cc3ccccc3C(=O)Nc3cccc(Br)c3)CC2)nc2ccccc12. The number of nitrogens with zero attached hydrogens (tertiary/aromatic N) is 3. The number of anilines is 3. The van der Waals surface area contributed by atoms with Gasteiger partial charge in [-0.15, -0.1) is 0 Å². The van der Waals surface area contributed by atoms with E-state index in [1.807, 2.05) is 85.7 Å². The Morgan fingerprint density at radius 1 is 0.927 bits per heavy atom. The van der Waals surface area contributed by atoms with Crippen molar-refractivity contribution >= 4 is 56.1 Å². The molecule has 9 heteroatoms. The van der Waals surface area contributed by atoms with Crippen LogP contribution < -0.4 is 20.9 Å². The van der Waals surface area contributed by atoms with Gasteiger partial charge in [0, 0.05) is 47.8 Å². The van der Waals surface area contributed by atoms with Gasteiger partial charge in [0.25, 0.3) is 5.91 Å². The molecule has 8 nitrogen and oxygen atoms in total. The Kier molecular flexibility index (Phi) is 9.14. The summed E-state index contributed by atoms with van der Waals surface area (Å²) in [4.78, 5) is 37.3. The zero-order valence-electron chi connectivity index (χ0n) is 23.4. The van der Waals surface area contributed by atoms with Gasteiger partial charge in [-0.05, 0) is 73.6 Å². The van der Waals surface area contributed by atoms with Crippen molar-refractivity contribution in [2.24, 2.45) is 5.92 Å². The minimum atomic E-state index is -0.231. The summed E-state index contributed by atoms with van der Waals surface area (Å²) >= 11 is 3.42. The van der Waals surface area contributed by atoms with Gasteiger partial charge in [0.1, 0.15) is 5.82 Å². The molecule has 1 aliphatic carbocycles. The number of hydrogen-bond acceptors (Lipinski definition) is 6. The number of hydrogen-bond donors (Lipinski definition) is 3. The zero-order chi connectivity index (χ0) is 28.8. The molecule has 4 aromatic rings. The minimum absolute atomic E-state index is 0.0752. The van der Waals surface area contributed by atoms with E-state index < -0.39 is 0 Å². The molecule has 1 aromatic heterocycles. The smallest absolute Gasteiger partial charge is 0.255 e. The van der Waals surface area contributed by atoms with Gasteiger partial charge in [0.2, 0.25) is 11.9 Å². The van der Waals surface area contributed by atoms with Crippen molar-refractivity contribution < 1.29 is 9.59 Å². The molecule has 0 radical (unpaired) electrons. The topological polar surface area (TPSA) is 99.3 Å². The van der Waals surface area contributed by atoms with Crippen molar-refractivity contribution in [1.82, 2.24) is 15.3 Å². The van der Waals surface area contributed by atoms with Crippen LogP contribution in [0.3, 0.4) is 0 Å². The van der Waals surface area contributed by atoms with Crippen molar-refractivity contribution in [2.75, 3.05) is 36.2 Å². The predicted octanol–water partition coefficient (Wildman–Crippen LogP) is 6.04. The lowest BCUT2D eigenvalue weighted by molar-refractivity contribution is -0.120. The number of amides is 2. The molecule has 0 unspecified atom stereocenters. The number of carbonyl (C=O) groups excluding carboxylic acids is 2. The normalized spacial score (nSPS) is 16.7. The molecule has 212 valence electrons. The van der Waals surface area contributed by atoms with Gasteiger partial charge < -0.3 is 20.9 Å². The monoisotopic (exact) mass is 614 g/mol. The molecule has 3 N–H and O–H groups in total. The fourth-order valence-corrected chi connectivity index (χ4v) is 5.71. The summed E-state index contributed by atoms with van der Waals surface area (Å²) in [6, 6.07) is 23.1. The number of para-hydroxylation sites is 1. The quantitative estimate of drug-likeness (QED) is 0.212. The van der Waals surface area contributed by atoms with E-state index in [0.29, 0.717) is 41.3 Å². The Bertz CT molecular complexity index is 1530. The first-order valence-electron chi connectivity index (χ1n) is 14.0. The lowest BCUT2D eigenvalue weighted by Gasteiger charge is -2.29. The van der Waals surface area contributed by atoms with E-state index in [1.54, 1.807) is 6.07 Å². The van der Waals surface area contributed by atoms with Crippen molar-refractivity contribution in [3.05, 3.63) is 88.4 Å². The summed E-state index contributed by atoms with van der Waals surface area (Å²) in [5.41, 5.74) is 2.83. The van der Waals surface area contributed by atoms with Gasteiger partial charge in [-0.2, -0.15) is 4.98 Å². The van der Waals surface area contributed by atoms with Crippen LogP contribution in [0.25, 0.3) is 10.9 Å². The molecule has 2 amide bonds. The number of benzene rings is 3. The maximum Gasteiger partial charge on any atom is 0.255 e. The molecule has 1 aliphatic rings. The predicted molar refractivity (Wildman–Crippen MR) is 168 cm³/mol. The molecule has 0 atom stereocenters. The highest BCUT2D eigenvalue weighted by Crippen LogP contribution is 2.28. The third-order valence-electron chi connectivity index (χ3n) is 7.47. The first-order chi connectivity index (χ1) is 19.9. The summed E-state index contributed by atoms with van der Waals surface area (Å²) in [6.45, 7) is 0.634. The van der Waals surface area contributed by atoms with Gasteiger partial charge in [-0.3, -0.25) is 9.59 Å². The van der Waals surface area contributed by atoms with E-state index in [2.05, 4.69) is 31.9 Å². The number of halogens is 1. The molecular formula is C32H35BrN6O2. The Morgan fingerprint density at radius 2 is 1.68 bits per heavy atom. The maximum absolute atomic E-state index is 12.9. The molecular weight excluding hydrogens is 580 g/mol. The largest absolute Gasteiger partial charge is 0.362 e. The maximum atomic E-state index is 12.9. The van der Waals surface area contributed by atoms with E-state index in [0.717, 1.165) is 46.9 Å². The molecule has 5 rings (SSSR count). The fraction of sp³-hybridized carbons (Fsp3) is 0.312. The van der Waals surface area contributed by atoms with Crippen LogP contribution in [0.1, 0.15) is 41.6 Å². The Balaban J connectivity index is 1.11. The van der Waals surface area contributed by atoms with Gasteiger partial charge in [-0.1, -0.05) is 52.3 Å². The number of fused-ring (bicyclic) bond motifs is 1. The Hall–Kier alpha value is -3.98. The number of rotatable bonds is 9. The van der Waals surface area contributed by atoms with Gasteiger partial charge in [-0.25, -0.2) is 4.98 Å². The second-order valence-electron chi connectivity index (χ2n) is 10.7. The van der Waals surface area contributed by atoms with Crippen LogP contribution in [0.4, 0.5) is 17.5 Å².